The Morgan fingerprint density at radius 1 is 1.15 bits per heavy atom. The van der Waals surface area contributed by atoms with Gasteiger partial charge in [-0.1, -0.05) is 37.3 Å². The van der Waals surface area contributed by atoms with Gasteiger partial charge in [-0.15, -0.1) is 11.6 Å². The third-order valence-corrected chi connectivity index (χ3v) is 3.80. The van der Waals surface area contributed by atoms with Crippen LogP contribution >= 0.6 is 11.6 Å². The lowest BCUT2D eigenvalue weighted by atomic mass is 9.90. The highest BCUT2D eigenvalue weighted by Crippen LogP contribution is 2.41. The molecule has 1 aliphatic rings. The molecule has 0 aromatic heterocycles. The minimum absolute atomic E-state index is 0.380. The highest BCUT2D eigenvalue weighted by atomic mass is 35.5. The molecule has 70 valence electrons. The Labute approximate surface area is 84.9 Å². The van der Waals surface area contributed by atoms with Crippen molar-refractivity contribution in [1.29, 1.82) is 0 Å². The molecule has 3 unspecified atom stereocenters. The van der Waals surface area contributed by atoms with Crippen molar-refractivity contribution in [2.45, 2.75) is 31.1 Å². The largest absolute Gasteiger partial charge is 0.123 e. The Morgan fingerprint density at radius 2 is 1.85 bits per heavy atom. The zero-order valence-corrected chi connectivity index (χ0v) is 8.67. The first kappa shape index (κ1) is 9.08. The standard InChI is InChI=1S/C12H15Cl/c1-9-11(7-8-12(9)13)10-5-3-2-4-6-10/h2-6,9,11-12H,7-8H2,1H3. The molecule has 0 bridgehead atoms. The van der Waals surface area contributed by atoms with Crippen LogP contribution in [-0.4, -0.2) is 5.38 Å². The van der Waals surface area contributed by atoms with Gasteiger partial charge in [0.15, 0.2) is 0 Å². The molecule has 0 N–H and O–H groups in total. The van der Waals surface area contributed by atoms with Crippen molar-refractivity contribution < 1.29 is 0 Å². The van der Waals surface area contributed by atoms with Gasteiger partial charge in [0.05, 0.1) is 0 Å². The second-order valence-corrected chi connectivity index (χ2v) is 4.53. The summed E-state index contributed by atoms with van der Waals surface area (Å²) in [6.07, 6.45) is 2.42. The fourth-order valence-electron chi connectivity index (χ4n) is 2.29. The lowest BCUT2D eigenvalue weighted by Crippen LogP contribution is -2.09. The van der Waals surface area contributed by atoms with Crippen molar-refractivity contribution in [1.82, 2.24) is 0 Å². The van der Waals surface area contributed by atoms with Crippen LogP contribution in [0.25, 0.3) is 0 Å². The van der Waals surface area contributed by atoms with Crippen LogP contribution in [0.15, 0.2) is 30.3 Å². The molecule has 1 heteroatoms. The lowest BCUT2D eigenvalue weighted by Gasteiger charge is -2.17. The maximum Gasteiger partial charge on any atom is 0.0367 e. The van der Waals surface area contributed by atoms with Gasteiger partial charge in [0.25, 0.3) is 0 Å². The van der Waals surface area contributed by atoms with Gasteiger partial charge in [0, 0.05) is 5.38 Å². The number of halogens is 1. The van der Waals surface area contributed by atoms with Gasteiger partial charge < -0.3 is 0 Å². The number of rotatable bonds is 1. The lowest BCUT2D eigenvalue weighted by molar-refractivity contribution is 0.538. The van der Waals surface area contributed by atoms with Crippen molar-refractivity contribution in [3.05, 3.63) is 35.9 Å². The van der Waals surface area contributed by atoms with Crippen LogP contribution in [0.5, 0.6) is 0 Å². The topological polar surface area (TPSA) is 0 Å². The zero-order chi connectivity index (χ0) is 9.26. The van der Waals surface area contributed by atoms with Crippen molar-refractivity contribution in [3.8, 4) is 0 Å². The van der Waals surface area contributed by atoms with Crippen molar-refractivity contribution in [2.75, 3.05) is 0 Å². The molecule has 1 fully saturated rings. The van der Waals surface area contributed by atoms with E-state index in [1.165, 1.54) is 18.4 Å². The van der Waals surface area contributed by atoms with E-state index in [2.05, 4.69) is 37.3 Å². The molecular weight excluding hydrogens is 180 g/mol. The Hall–Kier alpha value is -0.490. The van der Waals surface area contributed by atoms with Crippen LogP contribution in [-0.2, 0) is 0 Å². The van der Waals surface area contributed by atoms with Crippen LogP contribution in [0.2, 0.25) is 0 Å². The molecule has 3 atom stereocenters. The third-order valence-electron chi connectivity index (χ3n) is 3.19. The maximum absolute atomic E-state index is 6.21. The first-order valence-corrected chi connectivity index (χ1v) is 5.41. The average molecular weight is 195 g/mol. The van der Waals surface area contributed by atoms with Crippen LogP contribution in [0.1, 0.15) is 31.2 Å². The second-order valence-electron chi connectivity index (χ2n) is 3.97. The molecule has 1 saturated carbocycles. The van der Waals surface area contributed by atoms with E-state index in [9.17, 15) is 0 Å². The summed E-state index contributed by atoms with van der Waals surface area (Å²) in [7, 11) is 0. The molecule has 13 heavy (non-hydrogen) atoms. The van der Waals surface area contributed by atoms with Crippen LogP contribution in [0.4, 0.5) is 0 Å². The summed E-state index contributed by atoms with van der Waals surface area (Å²) < 4.78 is 0. The SMILES string of the molecule is CC1C(Cl)CCC1c1ccccc1. The highest BCUT2D eigenvalue weighted by molar-refractivity contribution is 6.21. The number of hydrogen-bond donors (Lipinski definition) is 0. The predicted molar refractivity (Wildman–Crippen MR) is 57.2 cm³/mol. The summed E-state index contributed by atoms with van der Waals surface area (Å²) in [4.78, 5) is 0. The van der Waals surface area contributed by atoms with E-state index in [0.29, 0.717) is 17.2 Å². The molecule has 0 amide bonds. The van der Waals surface area contributed by atoms with E-state index in [-0.39, 0.29) is 0 Å². The quantitative estimate of drug-likeness (QED) is 0.597. The molecule has 0 spiro atoms. The maximum atomic E-state index is 6.21. The monoisotopic (exact) mass is 194 g/mol. The van der Waals surface area contributed by atoms with Gasteiger partial charge in [-0.25, -0.2) is 0 Å². The van der Waals surface area contributed by atoms with E-state index >= 15 is 0 Å². The predicted octanol–water partition coefficient (Wildman–Crippen LogP) is 3.81. The molecule has 1 aromatic carbocycles. The average Bonchev–Trinajstić information content (AvgIpc) is 2.49. The molecule has 0 saturated heterocycles. The summed E-state index contributed by atoms with van der Waals surface area (Å²) in [5.74, 6) is 1.31. The van der Waals surface area contributed by atoms with Crippen LogP contribution < -0.4 is 0 Å². The number of benzene rings is 1. The van der Waals surface area contributed by atoms with Crippen LogP contribution in [0.3, 0.4) is 0 Å². The normalized spacial score (nSPS) is 33.5. The van der Waals surface area contributed by atoms with Gasteiger partial charge in [0.1, 0.15) is 0 Å². The van der Waals surface area contributed by atoms with Gasteiger partial charge in [0.2, 0.25) is 0 Å². The van der Waals surface area contributed by atoms with E-state index in [4.69, 9.17) is 11.6 Å². The first-order chi connectivity index (χ1) is 6.29. The van der Waals surface area contributed by atoms with Crippen molar-refractivity contribution in [2.24, 2.45) is 5.92 Å². The molecule has 0 aliphatic heterocycles. The summed E-state index contributed by atoms with van der Waals surface area (Å²) >= 11 is 6.21. The van der Waals surface area contributed by atoms with Gasteiger partial charge in [-0.2, -0.15) is 0 Å². The smallest absolute Gasteiger partial charge is 0.0367 e. The number of alkyl halides is 1. The van der Waals surface area contributed by atoms with Crippen molar-refractivity contribution >= 4 is 11.6 Å². The Bertz CT molecular complexity index is 268. The zero-order valence-electron chi connectivity index (χ0n) is 7.91. The van der Waals surface area contributed by atoms with E-state index in [1.807, 2.05) is 0 Å². The van der Waals surface area contributed by atoms with Gasteiger partial charge in [-0.05, 0) is 30.2 Å². The third kappa shape index (κ3) is 1.73. The molecule has 0 nitrogen and oxygen atoms in total. The molecule has 1 aliphatic carbocycles. The van der Waals surface area contributed by atoms with Gasteiger partial charge in [-0.3, -0.25) is 0 Å². The molecular formula is C12H15Cl. The van der Waals surface area contributed by atoms with Crippen molar-refractivity contribution in [3.63, 3.8) is 0 Å². The Balaban J connectivity index is 2.19. The Morgan fingerprint density at radius 3 is 2.38 bits per heavy atom. The fourth-order valence-corrected chi connectivity index (χ4v) is 2.59. The van der Waals surface area contributed by atoms with Gasteiger partial charge >= 0.3 is 0 Å². The molecule has 2 rings (SSSR count). The second kappa shape index (κ2) is 3.71. The summed E-state index contributed by atoms with van der Waals surface area (Å²) in [6, 6.07) is 10.7. The van der Waals surface area contributed by atoms with E-state index < -0.39 is 0 Å². The molecule has 0 heterocycles. The molecule has 1 aromatic rings. The number of hydrogen-bond acceptors (Lipinski definition) is 0. The Kier molecular flexibility index (Phi) is 2.59. The summed E-state index contributed by atoms with van der Waals surface area (Å²) in [5.41, 5.74) is 1.46. The van der Waals surface area contributed by atoms with Crippen LogP contribution in [0, 0.1) is 5.92 Å². The fraction of sp³-hybridized carbons (Fsp3) is 0.500. The molecule has 0 radical (unpaired) electrons. The first-order valence-electron chi connectivity index (χ1n) is 4.98. The van der Waals surface area contributed by atoms with E-state index in [1.54, 1.807) is 0 Å². The minimum atomic E-state index is 0.380. The summed E-state index contributed by atoms with van der Waals surface area (Å²) in [6.45, 7) is 2.27. The minimum Gasteiger partial charge on any atom is -0.123 e. The highest BCUT2D eigenvalue weighted by Gasteiger charge is 2.31. The summed E-state index contributed by atoms with van der Waals surface area (Å²) in [5, 5.41) is 0.380. The van der Waals surface area contributed by atoms with E-state index in [0.717, 1.165) is 0 Å².